The molecular weight excluding hydrogens is 361 g/mol. The van der Waals surface area contributed by atoms with E-state index < -0.39 is 0 Å². The van der Waals surface area contributed by atoms with Crippen LogP contribution < -0.4 is 5.56 Å². The summed E-state index contributed by atoms with van der Waals surface area (Å²) in [5.74, 6) is 0.744. The van der Waals surface area contributed by atoms with Gasteiger partial charge in [0.1, 0.15) is 16.5 Å². The van der Waals surface area contributed by atoms with Crippen LogP contribution in [-0.2, 0) is 19.3 Å². The predicted molar refractivity (Wildman–Crippen MR) is 108 cm³/mol. The maximum atomic E-state index is 13.3. The Morgan fingerprint density at radius 2 is 2.00 bits per heavy atom. The van der Waals surface area contributed by atoms with Gasteiger partial charge in [-0.15, -0.1) is 11.3 Å². The van der Waals surface area contributed by atoms with Crippen molar-refractivity contribution in [3.05, 3.63) is 62.3 Å². The fourth-order valence-electron chi connectivity index (χ4n) is 3.53. The van der Waals surface area contributed by atoms with Crippen molar-refractivity contribution in [2.45, 2.75) is 46.0 Å². The summed E-state index contributed by atoms with van der Waals surface area (Å²) in [5.41, 5.74) is 1.82. The van der Waals surface area contributed by atoms with Gasteiger partial charge in [0.25, 0.3) is 5.56 Å². The summed E-state index contributed by atoms with van der Waals surface area (Å²) in [6.07, 6.45) is 6.54. The number of hydrogen-bond donors (Lipinski definition) is 0. The standard InChI is InChI=1S/C21H22FN3OS/c1-13(2)11-18-24-20-19(16-5-3-4-6-17(16)27-20)21(26)25(18)23-12-14-7-9-15(22)10-8-14/h7-10,12-13H,3-6,11H2,1-2H3/b23-12+. The van der Waals surface area contributed by atoms with Crippen LogP contribution in [0.25, 0.3) is 10.2 Å². The highest BCUT2D eigenvalue weighted by Gasteiger charge is 2.22. The summed E-state index contributed by atoms with van der Waals surface area (Å²) in [6.45, 7) is 4.20. The van der Waals surface area contributed by atoms with E-state index in [1.165, 1.54) is 33.7 Å². The van der Waals surface area contributed by atoms with E-state index in [1.807, 2.05) is 0 Å². The lowest BCUT2D eigenvalue weighted by molar-refractivity contribution is 0.586. The van der Waals surface area contributed by atoms with Crippen LogP contribution in [0.15, 0.2) is 34.2 Å². The van der Waals surface area contributed by atoms with E-state index >= 15 is 0 Å². The first-order chi connectivity index (χ1) is 13.0. The Balaban J connectivity index is 1.86. The van der Waals surface area contributed by atoms with Crippen molar-refractivity contribution in [3.8, 4) is 0 Å². The van der Waals surface area contributed by atoms with Crippen molar-refractivity contribution < 1.29 is 4.39 Å². The maximum Gasteiger partial charge on any atom is 0.283 e. The summed E-state index contributed by atoms with van der Waals surface area (Å²) in [4.78, 5) is 20.3. The first kappa shape index (κ1) is 18.0. The molecule has 1 aromatic carbocycles. The van der Waals surface area contributed by atoms with Crippen LogP contribution in [0.5, 0.6) is 0 Å². The van der Waals surface area contributed by atoms with Crippen LogP contribution in [0.4, 0.5) is 4.39 Å². The minimum absolute atomic E-state index is 0.0894. The summed E-state index contributed by atoms with van der Waals surface area (Å²) in [7, 11) is 0. The predicted octanol–water partition coefficient (Wildman–Crippen LogP) is 4.56. The smallest absolute Gasteiger partial charge is 0.267 e. The molecule has 0 radical (unpaired) electrons. The second-order valence-corrected chi connectivity index (χ2v) is 8.51. The molecule has 0 saturated carbocycles. The van der Waals surface area contributed by atoms with Crippen LogP contribution in [0.3, 0.4) is 0 Å². The zero-order valence-corrected chi connectivity index (χ0v) is 16.4. The van der Waals surface area contributed by atoms with Crippen molar-refractivity contribution in [2.24, 2.45) is 11.0 Å². The summed E-state index contributed by atoms with van der Waals surface area (Å²) in [6, 6.07) is 6.06. The van der Waals surface area contributed by atoms with Crippen molar-refractivity contribution >= 4 is 27.8 Å². The average molecular weight is 383 g/mol. The third-order valence-corrected chi connectivity index (χ3v) is 6.00. The molecule has 2 heterocycles. The molecule has 1 aliphatic rings. The number of nitrogens with zero attached hydrogens (tertiary/aromatic N) is 3. The van der Waals surface area contributed by atoms with Gasteiger partial charge in [0, 0.05) is 11.3 Å². The quantitative estimate of drug-likeness (QED) is 0.620. The van der Waals surface area contributed by atoms with Gasteiger partial charge in [-0.05, 0) is 54.9 Å². The summed E-state index contributed by atoms with van der Waals surface area (Å²) in [5, 5.41) is 5.17. The number of hydrogen-bond acceptors (Lipinski definition) is 4. The normalized spacial score (nSPS) is 14.4. The molecule has 4 nitrogen and oxygen atoms in total. The van der Waals surface area contributed by atoms with E-state index in [2.05, 4.69) is 18.9 Å². The minimum atomic E-state index is -0.294. The Labute approximate surface area is 161 Å². The molecule has 27 heavy (non-hydrogen) atoms. The molecule has 0 fully saturated rings. The highest BCUT2D eigenvalue weighted by molar-refractivity contribution is 7.18. The van der Waals surface area contributed by atoms with Crippen LogP contribution in [0.2, 0.25) is 0 Å². The lowest BCUT2D eigenvalue weighted by atomic mass is 9.97. The first-order valence-corrected chi connectivity index (χ1v) is 10.2. The molecule has 0 amide bonds. The lowest BCUT2D eigenvalue weighted by Crippen LogP contribution is -2.23. The average Bonchev–Trinajstić information content (AvgIpc) is 3.00. The fraction of sp³-hybridized carbons (Fsp3) is 0.381. The molecular formula is C21H22FN3OS. The van der Waals surface area contributed by atoms with Crippen LogP contribution in [0, 0.1) is 11.7 Å². The lowest BCUT2D eigenvalue weighted by Gasteiger charge is -2.11. The Bertz CT molecular complexity index is 1060. The molecule has 2 aromatic heterocycles. The van der Waals surface area contributed by atoms with Gasteiger partial charge in [0.05, 0.1) is 11.6 Å². The number of aromatic nitrogens is 2. The number of fused-ring (bicyclic) bond motifs is 3. The number of aryl methyl sites for hydroxylation is 2. The number of thiophene rings is 1. The Morgan fingerprint density at radius 3 is 2.74 bits per heavy atom. The zero-order chi connectivity index (χ0) is 19.0. The van der Waals surface area contributed by atoms with Gasteiger partial charge >= 0.3 is 0 Å². The second kappa shape index (κ2) is 7.35. The molecule has 140 valence electrons. The Morgan fingerprint density at radius 1 is 1.26 bits per heavy atom. The zero-order valence-electron chi connectivity index (χ0n) is 15.5. The van der Waals surface area contributed by atoms with Gasteiger partial charge in [0.15, 0.2) is 0 Å². The van der Waals surface area contributed by atoms with E-state index in [0.717, 1.165) is 35.0 Å². The molecule has 0 atom stereocenters. The highest BCUT2D eigenvalue weighted by atomic mass is 32.1. The van der Waals surface area contributed by atoms with Gasteiger partial charge in [-0.2, -0.15) is 9.78 Å². The van der Waals surface area contributed by atoms with Crippen molar-refractivity contribution in [1.29, 1.82) is 0 Å². The van der Waals surface area contributed by atoms with Gasteiger partial charge in [0.2, 0.25) is 0 Å². The molecule has 0 N–H and O–H groups in total. The van der Waals surface area contributed by atoms with Crippen molar-refractivity contribution in [1.82, 2.24) is 9.66 Å². The molecule has 1 aliphatic carbocycles. The van der Waals surface area contributed by atoms with E-state index in [9.17, 15) is 9.18 Å². The second-order valence-electron chi connectivity index (χ2n) is 7.43. The fourth-order valence-corrected chi connectivity index (χ4v) is 4.80. The molecule has 0 spiro atoms. The maximum absolute atomic E-state index is 13.3. The van der Waals surface area contributed by atoms with Crippen molar-refractivity contribution in [3.63, 3.8) is 0 Å². The van der Waals surface area contributed by atoms with E-state index in [1.54, 1.807) is 29.7 Å². The molecule has 3 aromatic rings. The largest absolute Gasteiger partial charge is 0.283 e. The monoisotopic (exact) mass is 383 g/mol. The molecule has 0 unspecified atom stereocenters. The topological polar surface area (TPSA) is 47.2 Å². The summed E-state index contributed by atoms with van der Waals surface area (Å²) >= 11 is 1.66. The summed E-state index contributed by atoms with van der Waals surface area (Å²) < 4.78 is 14.6. The SMILES string of the molecule is CC(C)Cc1nc2sc3c(c2c(=O)n1/N=C/c1ccc(F)cc1)CCCC3. The minimum Gasteiger partial charge on any atom is -0.267 e. The first-order valence-electron chi connectivity index (χ1n) is 9.39. The van der Waals surface area contributed by atoms with E-state index in [-0.39, 0.29) is 11.4 Å². The Kier molecular flexibility index (Phi) is 4.91. The number of benzene rings is 1. The van der Waals surface area contributed by atoms with Gasteiger partial charge in [-0.3, -0.25) is 4.79 Å². The Hall–Kier alpha value is -2.34. The van der Waals surface area contributed by atoms with Gasteiger partial charge in [-0.1, -0.05) is 26.0 Å². The van der Waals surface area contributed by atoms with Crippen LogP contribution in [0.1, 0.15) is 48.5 Å². The number of halogens is 1. The third kappa shape index (κ3) is 3.58. The number of rotatable bonds is 4. The molecule has 0 aliphatic heterocycles. The van der Waals surface area contributed by atoms with Crippen LogP contribution in [-0.4, -0.2) is 15.9 Å². The third-order valence-electron chi connectivity index (χ3n) is 4.82. The van der Waals surface area contributed by atoms with Crippen LogP contribution >= 0.6 is 11.3 Å². The molecule has 6 heteroatoms. The molecule has 0 bridgehead atoms. The van der Waals surface area contributed by atoms with Crippen molar-refractivity contribution in [2.75, 3.05) is 0 Å². The molecule has 4 rings (SSSR count). The van der Waals surface area contributed by atoms with E-state index in [4.69, 9.17) is 4.98 Å². The molecule has 0 saturated heterocycles. The van der Waals surface area contributed by atoms with Gasteiger partial charge in [-0.25, -0.2) is 9.37 Å². The van der Waals surface area contributed by atoms with E-state index in [0.29, 0.717) is 18.2 Å². The highest BCUT2D eigenvalue weighted by Crippen LogP contribution is 2.33. The van der Waals surface area contributed by atoms with Gasteiger partial charge < -0.3 is 0 Å².